The van der Waals surface area contributed by atoms with E-state index in [0.717, 1.165) is 6.42 Å². The van der Waals surface area contributed by atoms with Gasteiger partial charge in [0.1, 0.15) is 0 Å². The molecule has 0 fully saturated rings. The molecule has 0 saturated carbocycles. The van der Waals surface area contributed by atoms with Crippen LogP contribution < -0.4 is 5.32 Å². The summed E-state index contributed by atoms with van der Waals surface area (Å²) < 4.78 is 0. The second-order valence-electron chi connectivity index (χ2n) is 4.68. The van der Waals surface area contributed by atoms with Crippen molar-refractivity contribution in [2.24, 2.45) is 5.41 Å². The van der Waals surface area contributed by atoms with Crippen LogP contribution in [0, 0.1) is 5.41 Å². The number of thiophene rings is 1. The van der Waals surface area contributed by atoms with E-state index in [1.54, 1.807) is 11.3 Å². The van der Waals surface area contributed by atoms with Crippen LogP contribution in [0.4, 0.5) is 0 Å². The lowest BCUT2D eigenvalue weighted by Gasteiger charge is -2.21. The second kappa shape index (κ2) is 6.01. The number of carbonyl (C=O) groups is 1. The van der Waals surface area contributed by atoms with Crippen molar-refractivity contribution in [1.82, 2.24) is 5.32 Å². The zero-order chi connectivity index (χ0) is 12.0. The van der Waals surface area contributed by atoms with E-state index in [2.05, 4.69) is 5.32 Å². The van der Waals surface area contributed by atoms with Gasteiger partial charge >= 0.3 is 0 Å². The van der Waals surface area contributed by atoms with Gasteiger partial charge < -0.3 is 10.4 Å². The summed E-state index contributed by atoms with van der Waals surface area (Å²) in [5, 5.41) is 13.9. The number of hydrogen-bond acceptors (Lipinski definition) is 3. The Hall–Kier alpha value is -0.870. The molecule has 0 aliphatic heterocycles. The first-order chi connectivity index (χ1) is 7.53. The van der Waals surface area contributed by atoms with Crippen LogP contribution >= 0.6 is 11.3 Å². The summed E-state index contributed by atoms with van der Waals surface area (Å²) in [5.74, 6) is 0.0509. The third-order valence-corrected chi connectivity index (χ3v) is 3.31. The van der Waals surface area contributed by atoms with Gasteiger partial charge in [0.2, 0.25) is 5.91 Å². The summed E-state index contributed by atoms with van der Waals surface area (Å²) in [5.41, 5.74) is -0.238. The quantitative estimate of drug-likeness (QED) is 0.798. The van der Waals surface area contributed by atoms with Gasteiger partial charge in [-0.3, -0.25) is 4.79 Å². The molecule has 1 rings (SSSR count). The summed E-state index contributed by atoms with van der Waals surface area (Å²) in [6.45, 7) is 4.45. The largest absolute Gasteiger partial charge is 0.396 e. The molecular formula is C12H19NO2S. The number of amides is 1. The van der Waals surface area contributed by atoms with Crippen molar-refractivity contribution in [3.63, 3.8) is 0 Å². The number of carbonyl (C=O) groups excluding carboxylic acids is 1. The zero-order valence-corrected chi connectivity index (χ0v) is 10.6. The predicted molar refractivity (Wildman–Crippen MR) is 66.5 cm³/mol. The van der Waals surface area contributed by atoms with E-state index in [4.69, 9.17) is 5.11 Å². The summed E-state index contributed by atoms with van der Waals surface area (Å²) in [7, 11) is 0. The van der Waals surface area contributed by atoms with Crippen LogP contribution in [0.1, 0.15) is 25.1 Å². The minimum absolute atomic E-state index is 0.0509. The highest BCUT2D eigenvalue weighted by Crippen LogP contribution is 2.12. The molecule has 0 aliphatic rings. The van der Waals surface area contributed by atoms with Gasteiger partial charge in [-0.2, -0.15) is 0 Å². The molecule has 90 valence electrons. The molecule has 16 heavy (non-hydrogen) atoms. The minimum atomic E-state index is -0.238. The highest BCUT2D eigenvalue weighted by molar-refractivity contribution is 7.09. The molecule has 0 radical (unpaired) electrons. The van der Waals surface area contributed by atoms with E-state index >= 15 is 0 Å². The molecule has 2 N–H and O–H groups in total. The molecule has 0 aromatic carbocycles. The van der Waals surface area contributed by atoms with Gasteiger partial charge in [-0.1, -0.05) is 19.9 Å². The first-order valence-corrected chi connectivity index (χ1v) is 6.31. The van der Waals surface area contributed by atoms with E-state index in [9.17, 15) is 4.79 Å². The molecule has 0 bridgehead atoms. The Balaban J connectivity index is 2.21. The van der Waals surface area contributed by atoms with Crippen LogP contribution in [-0.4, -0.2) is 24.2 Å². The lowest BCUT2D eigenvalue weighted by atomic mass is 9.95. The smallest absolute Gasteiger partial charge is 0.220 e. The summed E-state index contributed by atoms with van der Waals surface area (Å²) >= 11 is 1.67. The molecule has 0 aliphatic carbocycles. The first kappa shape index (κ1) is 13.2. The number of hydrogen-bond donors (Lipinski definition) is 2. The molecule has 3 nitrogen and oxygen atoms in total. The fourth-order valence-corrected chi connectivity index (χ4v) is 1.88. The maximum Gasteiger partial charge on any atom is 0.220 e. The topological polar surface area (TPSA) is 49.3 Å². The van der Waals surface area contributed by atoms with Crippen LogP contribution in [0.2, 0.25) is 0 Å². The monoisotopic (exact) mass is 241 g/mol. The third-order valence-electron chi connectivity index (χ3n) is 2.37. The van der Waals surface area contributed by atoms with Crippen LogP contribution in [0.3, 0.4) is 0 Å². The Morgan fingerprint density at radius 3 is 2.88 bits per heavy atom. The van der Waals surface area contributed by atoms with Crippen LogP contribution in [0.15, 0.2) is 17.5 Å². The van der Waals surface area contributed by atoms with E-state index in [-0.39, 0.29) is 17.9 Å². The number of nitrogens with one attached hydrogen (secondary N) is 1. The molecule has 0 atom stereocenters. The van der Waals surface area contributed by atoms with Crippen molar-refractivity contribution in [1.29, 1.82) is 0 Å². The lowest BCUT2D eigenvalue weighted by Crippen LogP contribution is -2.36. The van der Waals surface area contributed by atoms with Gasteiger partial charge in [-0.15, -0.1) is 11.3 Å². The summed E-state index contributed by atoms with van der Waals surface area (Å²) in [6.07, 6.45) is 1.31. The Kier molecular flexibility index (Phi) is 4.96. The van der Waals surface area contributed by atoms with Crippen molar-refractivity contribution in [2.75, 3.05) is 13.2 Å². The molecule has 4 heteroatoms. The number of aliphatic hydroxyl groups is 1. The Bertz CT molecular complexity index is 320. The van der Waals surface area contributed by atoms with Crippen molar-refractivity contribution in [2.45, 2.75) is 26.7 Å². The predicted octanol–water partition coefficient (Wildman–Crippen LogP) is 1.82. The van der Waals surface area contributed by atoms with E-state index in [1.807, 2.05) is 31.4 Å². The molecule has 1 aromatic rings. The molecule has 1 heterocycles. The highest BCUT2D eigenvalue weighted by Gasteiger charge is 2.17. The molecule has 0 spiro atoms. The zero-order valence-electron chi connectivity index (χ0n) is 9.82. The van der Waals surface area contributed by atoms with E-state index in [0.29, 0.717) is 13.0 Å². The molecule has 1 aromatic heterocycles. The molecule has 0 unspecified atom stereocenters. The Morgan fingerprint density at radius 1 is 1.56 bits per heavy atom. The maximum atomic E-state index is 11.5. The molecule has 1 amide bonds. The van der Waals surface area contributed by atoms with Crippen molar-refractivity contribution in [3.05, 3.63) is 22.4 Å². The summed E-state index contributed by atoms with van der Waals surface area (Å²) in [6, 6.07) is 4.03. The van der Waals surface area contributed by atoms with Crippen molar-refractivity contribution in [3.8, 4) is 0 Å². The Morgan fingerprint density at radius 2 is 2.31 bits per heavy atom. The standard InChI is InChI=1S/C12H19NO2S/c1-12(2,9-14)8-13-11(15)6-5-10-4-3-7-16-10/h3-4,7,14H,5-6,8-9H2,1-2H3,(H,13,15). The SMILES string of the molecule is CC(C)(CO)CNC(=O)CCc1cccs1. The van der Waals surface area contributed by atoms with Crippen LogP contribution in [0.5, 0.6) is 0 Å². The first-order valence-electron chi connectivity index (χ1n) is 5.43. The number of aliphatic hydroxyl groups excluding tert-OH is 1. The lowest BCUT2D eigenvalue weighted by molar-refractivity contribution is -0.121. The maximum absolute atomic E-state index is 11.5. The van der Waals surface area contributed by atoms with Crippen molar-refractivity contribution < 1.29 is 9.90 Å². The molecule has 0 saturated heterocycles. The van der Waals surface area contributed by atoms with Crippen LogP contribution in [-0.2, 0) is 11.2 Å². The van der Waals surface area contributed by atoms with Crippen LogP contribution in [0.25, 0.3) is 0 Å². The normalized spacial score (nSPS) is 11.4. The van der Waals surface area contributed by atoms with E-state index in [1.165, 1.54) is 4.88 Å². The van der Waals surface area contributed by atoms with Crippen molar-refractivity contribution >= 4 is 17.2 Å². The number of rotatable bonds is 6. The van der Waals surface area contributed by atoms with Gasteiger partial charge in [-0.05, 0) is 17.9 Å². The third kappa shape index (κ3) is 4.77. The average molecular weight is 241 g/mol. The average Bonchev–Trinajstić information content (AvgIpc) is 2.76. The highest BCUT2D eigenvalue weighted by atomic mass is 32.1. The van der Waals surface area contributed by atoms with Gasteiger partial charge in [-0.25, -0.2) is 0 Å². The van der Waals surface area contributed by atoms with Gasteiger partial charge in [0, 0.05) is 29.9 Å². The minimum Gasteiger partial charge on any atom is -0.396 e. The van der Waals surface area contributed by atoms with E-state index < -0.39 is 0 Å². The number of aryl methyl sites for hydroxylation is 1. The molecular weight excluding hydrogens is 222 g/mol. The Labute approximate surface area is 100 Å². The fourth-order valence-electron chi connectivity index (χ4n) is 1.17. The summed E-state index contributed by atoms with van der Waals surface area (Å²) in [4.78, 5) is 12.7. The van der Waals surface area contributed by atoms with Gasteiger partial charge in [0.25, 0.3) is 0 Å². The van der Waals surface area contributed by atoms with Gasteiger partial charge in [0.15, 0.2) is 0 Å². The second-order valence-corrected chi connectivity index (χ2v) is 5.71. The fraction of sp³-hybridized carbons (Fsp3) is 0.583. The van der Waals surface area contributed by atoms with Gasteiger partial charge in [0.05, 0.1) is 0 Å².